The summed E-state index contributed by atoms with van der Waals surface area (Å²) in [6.45, 7) is 2.01. The van der Waals surface area contributed by atoms with Crippen molar-refractivity contribution in [1.82, 2.24) is 0 Å². The average Bonchev–Trinajstić information content (AvgIpc) is 3.36. The maximum Gasteiger partial charge on any atom is 0.193 e. The summed E-state index contributed by atoms with van der Waals surface area (Å²) in [5, 5.41) is 0. The predicted molar refractivity (Wildman–Crippen MR) is 262 cm³/mol. The van der Waals surface area contributed by atoms with Crippen LogP contribution in [0.4, 0.5) is 34.1 Å². The molecule has 9 aromatic rings. The molecule has 0 saturated heterocycles. The number of methoxy groups -OCH3 is 1. The van der Waals surface area contributed by atoms with Crippen LogP contribution in [0.3, 0.4) is 0 Å². The number of para-hydroxylation sites is 1. The van der Waals surface area contributed by atoms with Crippen LogP contribution in [0.2, 0.25) is 0 Å². The van der Waals surface area contributed by atoms with Gasteiger partial charge in [0.15, 0.2) is 5.78 Å². The summed E-state index contributed by atoms with van der Waals surface area (Å²) in [6, 6.07) is 80.8. The van der Waals surface area contributed by atoms with Crippen LogP contribution < -0.4 is 19.3 Å². The minimum absolute atomic E-state index is 0.0160. The van der Waals surface area contributed by atoms with Crippen LogP contribution in [0.5, 0.6) is 17.2 Å². The number of ether oxygens (including phenoxy) is 2. The fraction of sp³-hybridized carbons (Fsp3) is 0.0678. The van der Waals surface area contributed by atoms with Gasteiger partial charge in [-0.15, -0.1) is 0 Å². The van der Waals surface area contributed by atoms with Crippen molar-refractivity contribution in [3.63, 3.8) is 0 Å². The highest BCUT2D eigenvalue weighted by molar-refractivity contribution is 6.09. The maximum absolute atomic E-state index is 13.1. The molecule has 0 aliphatic carbocycles. The molecule has 0 unspecified atom stereocenters. The minimum Gasteiger partial charge on any atom is -0.497 e. The van der Waals surface area contributed by atoms with Crippen molar-refractivity contribution >= 4 is 39.9 Å². The number of rotatable bonds is 15. The summed E-state index contributed by atoms with van der Waals surface area (Å²) >= 11 is 0. The lowest BCUT2D eigenvalue weighted by atomic mass is 9.86. The molecule has 0 saturated carbocycles. The van der Waals surface area contributed by atoms with E-state index in [9.17, 15) is 4.79 Å². The van der Waals surface area contributed by atoms with Crippen LogP contribution in [0.15, 0.2) is 237 Å². The number of carbonyl (C=O) groups excluding carboxylic acids is 1. The van der Waals surface area contributed by atoms with Gasteiger partial charge in [0, 0.05) is 51.2 Å². The van der Waals surface area contributed by atoms with Crippen molar-refractivity contribution in [2.45, 2.75) is 19.3 Å². The highest BCUT2D eigenvalue weighted by Gasteiger charge is 2.19. The van der Waals surface area contributed by atoms with E-state index < -0.39 is 0 Å². The third-order valence-electron chi connectivity index (χ3n) is 11.5. The van der Waals surface area contributed by atoms with E-state index in [1.165, 1.54) is 16.7 Å². The number of nitrogens with zero attached hydrogens (tertiary/aromatic N) is 2. The van der Waals surface area contributed by atoms with Crippen molar-refractivity contribution in [2.24, 2.45) is 0 Å². The van der Waals surface area contributed by atoms with Gasteiger partial charge in [-0.05, 0) is 151 Å². The molecule has 0 bridgehead atoms. The van der Waals surface area contributed by atoms with Crippen molar-refractivity contribution in [2.75, 3.05) is 16.9 Å². The Morgan fingerprint density at radius 1 is 0.406 bits per heavy atom. The number of carbonyl (C=O) groups is 1. The summed E-state index contributed by atoms with van der Waals surface area (Å²) in [6.07, 6.45) is 0.872. The highest BCUT2D eigenvalue weighted by atomic mass is 16.5. The lowest BCUT2D eigenvalue weighted by molar-refractivity contribution is 0.103. The smallest absolute Gasteiger partial charge is 0.193 e. The molecule has 5 nitrogen and oxygen atoms in total. The molecule has 64 heavy (non-hydrogen) atoms. The topological polar surface area (TPSA) is 42.0 Å². The quantitative estimate of drug-likeness (QED) is 0.0963. The van der Waals surface area contributed by atoms with Crippen molar-refractivity contribution in [1.29, 1.82) is 0 Å². The third kappa shape index (κ3) is 9.50. The molecule has 0 amide bonds. The van der Waals surface area contributed by atoms with Crippen LogP contribution >= 0.6 is 0 Å². The van der Waals surface area contributed by atoms with Gasteiger partial charge in [0.1, 0.15) is 17.2 Å². The normalized spacial score (nSPS) is 10.9. The highest BCUT2D eigenvalue weighted by Crippen LogP contribution is 2.40. The van der Waals surface area contributed by atoms with E-state index in [0.29, 0.717) is 22.6 Å². The lowest BCUT2D eigenvalue weighted by Crippen LogP contribution is -2.12. The van der Waals surface area contributed by atoms with Crippen LogP contribution in [-0.2, 0) is 6.42 Å². The SMILES string of the molecule is COc1ccc(N(c2ccccc2)c2ccc(N(c3ccc(CC(c4ccccc4)c4ccccc4)cc3)c3ccc(Oc4ccc(C(=O)c5ccc(C)cc5)cc4)cc3)cc2)cc1. The zero-order valence-corrected chi connectivity index (χ0v) is 35.9. The van der Waals surface area contributed by atoms with Crippen LogP contribution in [-0.4, -0.2) is 12.9 Å². The van der Waals surface area contributed by atoms with Gasteiger partial charge in [0.2, 0.25) is 0 Å². The summed E-state index contributed by atoms with van der Waals surface area (Å²) in [5.41, 5.74) is 12.4. The van der Waals surface area contributed by atoms with Gasteiger partial charge in [0.25, 0.3) is 0 Å². The van der Waals surface area contributed by atoms with Gasteiger partial charge >= 0.3 is 0 Å². The first-order chi connectivity index (χ1) is 31.5. The van der Waals surface area contributed by atoms with Crippen LogP contribution in [0, 0.1) is 6.92 Å². The maximum atomic E-state index is 13.1. The Labute approximate surface area is 376 Å². The predicted octanol–water partition coefficient (Wildman–Crippen LogP) is 15.3. The molecule has 5 heteroatoms. The minimum atomic E-state index is -0.0160. The van der Waals surface area contributed by atoms with Gasteiger partial charge < -0.3 is 19.3 Å². The molecule has 0 fully saturated rings. The van der Waals surface area contributed by atoms with E-state index in [1.54, 1.807) is 7.11 Å². The van der Waals surface area contributed by atoms with E-state index in [2.05, 4.69) is 168 Å². The van der Waals surface area contributed by atoms with E-state index in [-0.39, 0.29) is 11.7 Å². The molecule has 0 spiro atoms. The monoisotopic (exact) mass is 832 g/mol. The fourth-order valence-electron chi connectivity index (χ4n) is 8.11. The number of aryl methyl sites for hydroxylation is 1. The molecule has 0 aliphatic heterocycles. The molecule has 0 heterocycles. The molecule has 0 atom stereocenters. The van der Waals surface area contributed by atoms with Crippen LogP contribution in [0.25, 0.3) is 0 Å². The number of anilines is 6. The zero-order chi connectivity index (χ0) is 43.7. The van der Waals surface area contributed by atoms with Gasteiger partial charge in [-0.3, -0.25) is 4.79 Å². The molecule has 0 aromatic heterocycles. The van der Waals surface area contributed by atoms with Crippen LogP contribution in [0.1, 0.15) is 44.1 Å². The lowest BCUT2D eigenvalue weighted by Gasteiger charge is -2.28. The van der Waals surface area contributed by atoms with E-state index in [1.807, 2.05) is 85.8 Å². The largest absolute Gasteiger partial charge is 0.497 e. The second-order valence-electron chi connectivity index (χ2n) is 15.8. The Balaban J connectivity index is 1.02. The van der Waals surface area contributed by atoms with Gasteiger partial charge in [0.05, 0.1) is 7.11 Å². The Bertz CT molecular complexity index is 2840. The van der Waals surface area contributed by atoms with E-state index in [0.717, 1.165) is 51.9 Å². The fourth-order valence-corrected chi connectivity index (χ4v) is 8.11. The van der Waals surface area contributed by atoms with E-state index in [4.69, 9.17) is 9.47 Å². The first-order valence-corrected chi connectivity index (χ1v) is 21.6. The molecule has 312 valence electrons. The van der Waals surface area contributed by atoms with Crippen molar-refractivity contribution < 1.29 is 14.3 Å². The second kappa shape index (κ2) is 19.3. The molecule has 0 N–H and O–H groups in total. The summed E-state index contributed by atoms with van der Waals surface area (Å²) in [4.78, 5) is 17.6. The summed E-state index contributed by atoms with van der Waals surface area (Å²) in [7, 11) is 1.69. The number of benzene rings is 9. The molecular formula is C59H48N2O3. The molecular weight excluding hydrogens is 785 g/mol. The number of ketones is 1. The molecule has 0 radical (unpaired) electrons. The molecule has 0 aliphatic rings. The molecule has 9 rings (SSSR count). The van der Waals surface area contributed by atoms with Crippen molar-refractivity contribution in [3.8, 4) is 17.2 Å². The van der Waals surface area contributed by atoms with Crippen molar-refractivity contribution in [3.05, 3.63) is 270 Å². The number of hydrogen-bond acceptors (Lipinski definition) is 5. The Hall–Kier alpha value is -8.15. The zero-order valence-electron chi connectivity index (χ0n) is 35.9. The average molecular weight is 833 g/mol. The number of hydrogen-bond donors (Lipinski definition) is 0. The summed E-state index contributed by atoms with van der Waals surface area (Å²) in [5.74, 6) is 2.37. The standard InChI is InChI=1S/C59H48N2O3/c1-43-18-22-47(23-19-43)59(62)48-24-36-56(37-25-48)64-57-40-34-54(35-41-57)61(50-26-20-44(21-27-50)42-58(45-12-6-3-7-13-45)46-14-8-4-9-15-46)52-30-28-51(29-31-52)60(49-16-10-5-11-17-49)53-32-38-55(63-2)39-33-53/h3-41,58H,42H2,1-2H3. The summed E-state index contributed by atoms with van der Waals surface area (Å²) < 4.78 is 11.8. The first-order valence-electron chi connectivity index (χ1n) is 21.6. The Kier molecular flexibility index (Phi) is 12.4. The first kappa shape index (κ1) is 41.2. The Morgan fingerprint density at radius 3 is 1.19 bits per heavy atom. The third-order valence-corrected chi connectivity index (χ3v) is 11.5. The van der Waals surface area contributed by atoms with E-state index >= 15 is 0 Å². The van der Waals surface area contributed by atoms with Gasteiger partial charge in [-0.2, -0.15) is 0 Å². The second-order valence-corrected chi connectivity index (χ2v) is 15.8. The van der Waals surface area contributed by atoms with Gasteiger partial charge in [-0.1, -0.05) is 121 Å². The van der Waals surface area contributed by atoms with Gasteiger partial charge in [-0.25, -0.2) is 0 Å². The molecule has 9 aromatic carbocycles. The Morgan fingerprint density at radius 2 is 0.750 bits per heavy atom.